The van der Waals surface area contributed by atoms with Crippen LogP contribution in [0.5, 0.6) is 0 Å². The molecular formula is C7H15N3O2. The number of nitrogens with two attached hydrogens (primary N) is 2. The topological polar surface area (TPSA) is 81.6 Å². The van der Waals surface area contributed by atoms with E-state index in [0.29, 0.717) is 13.2 Å². The van der Waals surface area contributed by atoms with Crippen LogP contribution in [-0.4, -0.2) is 49.7 Å². The van der Waals surface area contributed by atoms with Crippen LogP contribution < -0.4 is 11.5 Å². The third-order valence-corrected chi connectivity index (χ3v) is 2.04. The number of carbonyl (C=O) groups excluding carboxylic acids is 1. The number of rotatable bonds is 3. The lowest BCUT2D eigenvalue weighted by atomic mass is 10.2. The molecule has 5 heteroatoms. The number of ether oxygens (including phenoxy) is 1. The first-order valence-corrected chi connectivity index (χ1v) is 4.07. The van der Waals surface area contributed by atoms with Crippen LogP contribution in [0.4, 0.5) is 0 Å². The van der Waals surface area contributed by atoms with E-state index in [1.54, 1.807) is 0 Å². The second-order valence-corrected chi connectivity index (χ2v) is 2.80. The van der Waals surface area contributed by atoms with E-state index in [2.05, 4.69) is 0 Å². The van der Waals surface area contributed by atoms with Gasteiger partial charge in [0.1, 0.15) is 6.04 Å². The average Bonchev–Trinajstić information content (AvgIpc) is 2.07. The maximum absolute atomic E-state index is 10.9. The fourth-order valence-corrected chi connectivity index (χ4v) is 1.33. The normalized spacial score (nSPS) is 22.1. The highest BCUT2D eigenvalue weighted by Gasteiger charge is 2.23. The fraction of sp³-hybridized carbons (Fsp3) is 0.857. The van der Waals surface area contributed by atoms with Crippen LogP contribution in [0.1, 0.15) is 0 Å². The van der Waals surface area contributed by atoms with E-state index in [1.165, 1.54) is 0 Å². The third-order valence-electron chi connectivity index (χ3n) is 2.04. The molecule has 1 atom stereocenters. The molecule has 12 heavy (non-hydrogen) atoms. The number of hydrogen-bond donors (Lipinski definition) is 2. The summed E-state index contributed by atoms with van der Waals surface area (Å²) in [5.41, 5.74) is 10.6. The molecule has 70 valence electrons. The van der Waals surface area contributed by atoms with Gasteiger partial charge in [-0.15, -0.1) is 0 Å². The second-order valence-electron chi connectivity index (χ2n) is 2.80. The van der Waals surface area contributed by atoms with Crippen LogP contribution in [0.25, 0.3) is 0 Å². The molecule has 1 amide bonds. The van der Waals surface area contributed by atoms with Gasteiger partial charge in [0.25, 0.3) is 0 Å². The second kappa shape index (κ2) is 4.39. The highest BCUT2D eigenvalue weighted by Crippen LogP contribution is 2.01. The van der Waals surface area contributed by atoms with E-state index in [0.717, 1.165) is 13.1 Å². The van der Waals surface area contributed by atoms with Crippen molar-refractivity contribution in [2.45, 2.75) is 6.04 Å². The van der Waals surface area contributed by atoms with Crippen molar-refractivity contribution in [3.05, 3.63) is 0 Å². The summed E-state index contributed by atoms with van der Waals surface area (Å²) in [7, 11) is 0. The molecule has 4 N–H and O–H groups in total. The van der Waals surface area contributed by atoms with Gasteiger partial charge < -0.3 is 16.2 Å². The Hall–Kier alpha value is -0.650. The maximum Gasteiger partial charge on any atom is 0.236 e. The summed E-state index contributed by atoms with van der Waals surface area (Å²) >= 11 is 0. The third kappa shape index (κ3) is 2.17. The molecule has 1 aliphatic heterocycles. The zero-order chi connectivity index (χ0) is 8.97. The summed E-state index contributed by atoms with van der Waals surface area (Å²) in [5.74, 6) is -0.348. The lowest BCUT2D eigenvalue weighted by Gasteiger charge is -2.31. The Morgan fingerprint density at radius 2 is 2.08 bits per heavy atom. The lowest BCUT2D eigenvalue weighted by Crippen LogP contribution is -2.53. The lowest BCUT2D eigenvalue weighted by molar-refractivity contribution is -0.124. The van der Waals surface area contributed by atoms with E-state index in [9.17, 15) is 4.79 Å². The van der Waals surface area contributed by atoms with Crippen molar-refractivity contribution in [1.29, 1.82) is 0 Å². The summed E-state index contributed by atoms with van der Waals surface area (Å²) in [6.45, 7) is 3.08. The van der Waals surface area contributed by atoms with Crippen LogP contribution in [0.2, 0.25) is 0 Å². The van der Waals surface area contributed by atoms with Crippen molar-refractivity contribution >= 4 is 5.91 Å². The van der Waals surface area contributed by atoms with E-state index >= 15 is 0 Å². The van der Waals surface area contributed by atoms with Crippen molar-refractivity contribution in [2.75, 3.05) is 32.8 Å². The molecule has 0 aromatic rings. The van der Waals surface area contributed by atoms with E-state index in [-0.39, 0.29) is 18.5 Å². The Morgan fingerprint density at radius 3 is 2.50 bits per heavy atom. The van der Waals surface area contributed by atoms with Gasteiger partial charge in [0.2, 0.25) is 5.91 Å². The predicted molar refractivity (Wildman–Crippen MR) is 44.4 cm³/mol. The maximum atomic E-state index is 10.9. The van der Waals surface area contributed by atoms with Gasteiger partial charge in [-0.2, -0.15) is 0 Å². The molecule has 5 nitrogen and oxygen atoms in total. The largest absolute Gasteiger partial charge is 0.379 e. The first kappa shape index (κ1) is 9.44. The number of primary amides is 1. The van der Waals surface area contributed by atoms with E-state index < -0.39 is 0 Å². The Morgan fingerprint density at radius 1 is 1.50 bits per heavy atom. The minimum Gasteiger partial charge on any atom is -0.379 e. The van der Waals surface area contributed by atoms with Crippen LogP contribution in [0.15, 0.2) is 0 Å². The van der Waals surface area contributed by atoms with Crippen molar-refractivity contribution in [1.82, 2.24) is 4.90 Å². The monoisotopic (exact) mass is 173 g/mol. The van der Waals surface area contributed by atoms with E-state index in [4.69, 9.17) is 16.2 Å². The van der Waals surface area contributed by atoms with Crippen molar-refractivity contribution < 1.29 is 9.53 Å². The molecule has 0 aliphatic carbocycles. The molecule has 0 radical (unpaired) electrons. The molecule has 1 unspecified atom stereocenters. The zero-order valence-corrected chi connectivity index (χ0v) is 7.03. The van der Waals surface area contributed by atoms with Gasteiger partial charge in [-0.3, -0.25) is 9.69 Å². The number of nitrogens with zero attached hydrogens (tertiary/aromatic N) is 1. The van der Waals surface area contributed by atoms with Crippen LogP contribution in [0.3, 0.4) is 0 Å². The molecule has 0 saturated carbocycles. The van der Waals surface area contributed by atoms with Crippen LogP contribution in [0, 0.1) is 0 Å². The molecule has 1 aliphatic rings. The van der Waals surface area contributed by atoms with Gasteiger partial charge in [-0.25, -0.2) is 0 Å². The molecule has 1 saturated heterocycles. The number of morpholine rings is 1. The van der Waals surface area contributed by atoms with Crippen LogP contribution in [-0.2, 0) is 9.53 Å². The SMILES string of the molecule is NCC(C(N)=O)N1CCOCC1. The summed E-state index contributed by atoms with van der Waals surface area (Å²) in [5, 5.41) is 0. The quantitative estimate of drug-likeness (QED) is 0.524. The Labute approximate surface area is 71.6 Å². The average molecular weight is 173 g/mol. The summed E-state index contributed by atoms with van der Waals surface area (Å²) in [6, 6.07) is -0.325. The van der Waals surface area contributed by atoms with Gasteiger partial charge in [0.05, 0.1) is 13.2 Å². The van der Waals surface area contributed by atoms with Crippen LogP contribution >= 0.6 is 0 Å². The smallest absolute Gasteiger partial charge is 0.236 e. The molecule has 0 aromatic carbocycles. The van der Waals surface area contributed by atoms with Gasteiger partial charge in [-0.1, -0.05) is 0 Å². The summed E-state index contributed by atoms with van der Waals surface area (Å²) in [4.78, 5) is 12.9. The number of amides is 1. The van der Waals surface area contributed by atoms with E-state index in [1.807, 2.05) is 4.90 Å². The Bertz CT molecular complexity index is 157. The Balaban J connectivity index is 2.46. The Kier molecular flexibility index (Phi) is 3.46. The van der Waals surface area contributed by atoms with Crippen molar-refractivity contribution in [2.24, 2.45) is 11.5 Å². The molecule has 1 heterocycles. The number of carbonyl (C=O) groups is 1. The fourth-order valence-electron chi connectivity index (χ4n) is 1.33. The molecule has 0 aromatic heterocycles. The molecule has 1 fully saturated rings. The molecule has 0 bridgehead atoms. The highest BCUT2D eigenvalue weighted by molar-refractivity contribution is 5.80. The first-order valence-electron chi connectivity index (χ1n) is 4.07. The van der Waals surface area contributed by atoms with Crippen molar-refractivity contribution in [3.8, 4) is 0 Å². The minimum atomic E-state index is -0.348. The zero-order valence-electron chi connectivity index (χ0n) is 7.03. The predicted octanol–water partition coefficient (Wildman–Crippen LogP) is -1.87. The van der Waals surface area contributed by atoms with Crippen molar-refractivity contribution in [3.63, 3.8) is 0 Å². The highest BCUT2D eigenvalue weighted by atomic mass is 16.5. The summed E-state index contributed by atoms with van der Waals surface area (Å²) in [6.07, 6.45) is 0. The molecule has 1 rings (SSSR count). The van der Waals surface area contributed by atoms with Gasteiger partial charge >= 0.3 is 0 Å². The summed E-state index contributed by atoms with van der Waals surface area (Å²) < 4.78 is 5.14. The molecule has 0 spiro atoms. The standard InChI is InChI=1S/C7H15N3O2/c8-5-6(7(9)11)10-1-3-12-4-2-10/h6H,1-5,8H2,(H2,9,11). The van der Waals surface area contributed by atoms with Gasteiger partial charge in [0, 0.05) is 19.6 Å². The number of hydrogen-bond acceptors (Lipinski definition) is 4. The van der Waals surface area contributed by atoms with Gasteiger partial charge in [0.15, 0.2) is 0 Å². The first-order chi connectivity index (χ1) is 5.75. The van der Waals surface area contributed by atoms with Gasteiger partial charge in [-0.05, 0) is 0 Å². The molecular weight excluding hydrogens is 158 g/mol. The minimum absolute atomic E-state index is 0.287.